The van der Waals surface area contributed by atoms with Crippen molar-refractivity contribution < 1.29 is 14.3 Å². The van der Waals surface area contributed by atoms with Crippen LogP contribution in [0, 0.1) is 12.7 Å². The highest BCUT2D eigenvalue weighted by Crippen LogP contribution is 2.23. The molecule has 3 rings (SSSR count). The fourth-order valence-corrected chi connectivity index (χ4v) is 2.80. The molecule has 2 aromatic rings. The molecule has 2 heterocycles. The summed E-state index contributed by atoms with van der Waals surface area (Å²) in [6.07, 6.45) is 1.38. The molecule has 1 fully saturated rings. The first-order valence-electron chi connectivity index (χ1n) is 7.54. The second-order valence-corrected chi connectivity index (χ2v) is 5.79. The van der Waals surface area contributed by atoms with E-state index in [9.17, 15) is 14.3 Å². The van der Waals surface area contributed by atoms with Crippen molar-refractivity contribution in [2.24, 2.45) is 0 Å². The quantitative estimate of drug-likeness (QED) is 0.879. The van der Waals surface area contributed by atoms with E-state index < -0.39 is 0 Å². The number of piperazine rings is 1. The first-order valence-corrected chi connectivity index (χ1v) is 7.54. The summed E-state index contributed by atoms with van der Waals surface area (Å²) in [4.78, 5) is 14.3. The lowest BCUT2D eigenvalue weighted by Crippen LogP contribution is -2.52. The van der Waals surface area contributed by atoms with Gasteiger partial charge in [-0.05, 0) is 37.6 Å². The summed E-state index contributed by atoms with van der Waals surface area (Å²) in [5.41, 5.74) is 1.30. The third kappa shape index (κ3) is 2.92. The van der Waals surface area contributed by atoms with E-state index in [-0.39, 0.29) is 29.2 Å². The number of hydrogen-bond donors (Lipinski definition) is 2. The Bertz CT molecular complexity index is 744. The summed E-state index contributed by atoms with van der Waals surface area (Å²) in [7, 11) is 0. The molecule has 1 amide bonds. The summed E-state index contributed by atoms with van der Waals surface area (Å²) in [5, 5.41) is 17.5. The number of hydrogen-bond acceptors (Lipinski definition) is 4. The molecule has 23 heavy (non-hydrogen) atoms. The molecule has 7 heteroatoms. The zero-order valence-corrected chi connectivity index (χ0v) is 13.1. The number of benzene rings is 1. The van der Waals surface area contributed by atoms with Crippen molar-refractivity contribution in [3.05, 3.63) is 41.5 Å². The van der Waals surface area contributed by atoms with Crippen LogP contribution in [0.2, 0.25) is 0 Å². The lowest BCUT2D eigenvalue weighted by Gasteiger charge is -2.33. The van der Waals surface area contributed by atoms with Crippen LogP contribution in [-0.4, -0.2) is 51.4 Å². The van der Waals surface area contributed by atoms with Gasteiger partial charge in [-0.15, -0.1) is 0 Å². The molecule has 0 radical (unpaired) electrons. The van der Waals surface area contributed by atoms with Crippen molar-refractivity contribution in [1.82, 2.24) is 20.0 Å². The third-order valence-corrected chi connectivity index (χ3v) is 4.07. The van der Waals surface area contributed by atoms with Crippen molar-refractivity contribution in [2.45, 2.75) is 19.9 Å². The Labute approximate surface area is 133 Å². The number of aryl methyl sites for hydroxylation is 1. The topological polar surface area (TPSA) is 70.4 Å². The number of aromatic nitrogens is 2. The zero-order chi connectivity index (χ0) is 16.6. The maximum absolute atomic E-state index is 13.2. The highest BCUT2D eigenvalue weighted by Gasteiger charge is 2.28. The van der Waals surface area contributed by atoms with Gasteiger partial charge in [-0.1, -0.05) is 0 Å². The Morgan fingerprint density at radius 2 is 2.26 bits per heavy atom. The molecule has 1 aliphatic rings. The Morgan fingerprint density at radius 3 is 2.96 bits per heavy atom. The standard InChI is InChI=1S/C16H19FN4O2/c1-10-7-12(17)3-4-13(10)21-9-14(22)15(19-21)16(23)20-6-5-18-8-11(20)2/h3-4,7,9,11,18,22H,5-6,8H2,1-2H3. The molecule has 0 spiro atoms. The molecule has 2 N–H and O–H groups in total. The summed E-state index contributed by atoms with van der Waals surface area (Å²) in [5.74, 6) is -0.812. The molecule has 0 aliphatic carbocycles. The van der Waals surface area contributed by atoms with Crippen LogP contribution in [0.3, 0.4) is 0 Å². The lowest BCUT2D eigenvalue weighted by molar-refractivity contribution is 0.0646. The Morgan fingerprint density at radius 1 is 1.48 bits per heavy atom. The summed E-state index contributed by atoms with van der Waals surface area (Å²) in [6.45, 7) is 5.69. The van der Waals surface area contributed by atoms with Crippen LogP contribution in [0.4, 0.5) is 4.39 Å². The summed E-state index contributed by atoms with van der Waals surface area (Å²) >= 11 is 0. The molecule has 0 bridgehead atoms. The second kappa shape index (κ2) is 6.00. The normalized spacial score (nSPS) is 18.2. The van der Waals surface area contributed by atoms with Gasteiger partial charge < -0.3 is 15.3 Å². The Hall–Kier alpha value is -2.41. The number of rotatable bonds is 2. The molecule has 1 unspecified atom stereocenters. The van der Waals surface area contributed by atoms with Crippen LogP contribution in [-0.2, 0) is 0 Å². The number of carbonyl (C=O) groups is 1. The smallest absolute Gasteiger partial charge is 0.278 e. The van der Waals surface area contributed by atoms with Crippen LogP contribution in [0.5, 0.6) is 5.75 Å². The van der Waals surface area contributed by atoms with Gasteiger partial charge in [0.15, 0.2) is 11.4 Å². The van der Waals surface area contributed by atoms with E-state index in [2.05, 4.69) is 10.4 Å². The van der Waals surface area contributed by atoms with E-state index in [0.717, 1.165) is 0 Å². The van der Waals surface area contributed by atoms with Gasteiger partial charge in [0.2, 0.25) is 0 Å². The van der Waals surface area contributed by atoms with Crippen LogP contribution < -0.4 is 5.32 Å². The second-order valence-electron chi connectivity index (χ2n) is 5.79. The van der Waals surface area contributed by atoms with Crippen molar-refractivity contribution in [2.75, 3.05) is 19.6 Å². The van der Waals surface area contributed by atoms with Crippen molar-refractivity contribution >= 4 is 5.91 Å². The molecule has 1 saturated heterocycles. The van der Waals surface area contributed by atoms with Crippen LogP contribution in [0.15, 0.2) is 24.4 Å². The first kappa shape index (κ1) is 15.5. The number of halogens is 1. The van der Waals surface area contributed by atoms with Gasteiger partial charge in [-0.3, -0.25) is 4.79 Å². The van der Waals surface area contributed by atoms with Crippen LogP contribution in [0.25, 0.3) is 5.69 Å². The fourth-order valence-electron chi connectivity index (χ4n) is 2.80. The van der Waals surface area contributed by atoms with E-state index in [4.69, 9.17) is 0 Å². The Kier molecular flexibility index (Phi) is 4.04. The third-order valence-electron chi connectivity index (χ3n) is 4.07. The minimum Gasteiger partial charge on any atom is -0.504 e. The molecule has 1 aromatic carbocycles. The number of nitrogens with zero attached hydrogens (tertiary/aromatic N) is 3. The molecule has 0 saturated carbocycles. The van der Waals surface area contributed by atoms with Gasteiger partial charge in [0.05, 0.1) is 11.9 Å². The van der Waals surface area contributed by atoms with Gasteiger partial charge >= 0.3 is 0 Å². The number of nitrogens with one attached hydrogen (secondary N) is 1. The van der Waals surface area contributed by atoms with E-state index in [1.54, 1.807) is 17.9 Å². The average Bonchev–Trinajstić information content (AvgIpc) is 2.88. The zero-order valence-electron chi connectivity index (χ0n) is 13.1. The fraction of sp³-hybridized carbons (Fsp3) is 0.375. The maximum atomic E-state index is 13.2. The number of aromatic hydroxyl groups is 1. The largest absolute Gasteiger partial charge is 0.504 e. The van der Waals surface area contributed by atoms with Gasteiger partial charge in [-0.25, -0.2) is 9.07 Å². The minimum absolute atomic E-state index is 0.0162. The van der Waals surface area contributed by atoms with E-state index >= 15 is 0 Å². The molecule has 1 atom stereocenters. The first-order chi connectivity index (χ1) is 11.0. The van der Waals surface area contributed by atoms with Crippen molar-refractivity contribution in [3.8, 4) is 11.4 Å². The number of carbonyl (C=O) groups excluding carboxylic acids is 1. The van der Waals surface area contributed by atoms with Crippen molar-refractivity contribution in [1.29, 1.82) is 0 Å². The molecule has 122 valence electrons. The van der Waals surface area contributed by atoms with Crippen LogP contribution in [0.1, 0.15) is 23.0 Å². The lowest BCUT2D eigenvalue weighted by atomic mass is 10.2. The van der Waals surface area contributed by atoms with Gasteiger partial charge in [0, 0.05) is 25.7 Å². The SMILES string of the molecule is Cc1cc(F)ccc1-n1cc(O)c(C(=O)N2CCNCC2C)n1. The molecule has 1 aromatic heterocycles. The summed E-state index contributed by atoms with van der Waals surface area (Å²) in [6, 6.07) is 4.31. The van der Waals surface area contributed by atoms with E-state index in [0.29, 0.717) is 30.9 Å². The van der Waals surface area contributed by atoms with Crippen LogP contribution >= 0.6 is 0 Å². The van der Waals surface area contributed by atoms with E-state index in [1.807, 2.05) is 6.92 Å². The minimum atomic E-state index is -0.339. The average molecular weight is 318 g/mol. The van der Waals surface area contributed by atoms with Gasteiger partial charge in [0.25, 0.3) is 5.91 Å². The predicted octanol–water partition coefficient (Wildman–Crippen LogP) is 1.46. The molecular weight excluding hydrogens is 299 g/mol. The predicted molar refractivity (Wildman–Crippen MR) is 83.3 cm³/mol. The Balaban J connectivity index is 1.93. The monoisotopic (exact) mass is 318 g/mol. The van der Waals surface area contributed by atoms with Crippen molar-refractivity contribution in [3.63, 3.8) is 0 Å². The number of amides is 1. The summed E-state index contributed by atoms with van der Waals surface area (Å²) < 4.78 is 14.6. The molecular formula is C16H19FN4O2. The van der Waals surface area contributed by atoms with E-state index in [1.165, 1.54) is 23.0 Å². The van der Waals surface area contributed by atoms with Gasteiger partial charge in [0.1, 0.15) is 5.82 Å². The molecule has 1 aliphatic heterocycles. The highest BCUT2D eigenvalue weighted by molar-refractivity contribution is 5.95. The highest BCUT2D eigenvalue weighted by atomic mass is 19.1. The van der Waals surface area contributed by atoms with Gasteiger partial charge in [-0.2, -0.15) is 5.10 Å². The molecule has 6 nitrogen and oxygen atoms in total. The maximum Gasteiger partial charge on any atom is 0.278 e.